The summed E-state index contributed by atoms with van der Waals surface area (Å²) in [5.74, 6) is 1.89. The standard InChI is InChI=1S/C21H27N7O.C19H24N8O.C18H23N9O/c1-21(2,3)24-16-7-8-28(13-16)19-6-5-17(25-26-19)20-18(29)9-14(10-22-20)15-11-23-27(4)12-15;1-19(2,3)24-14-4-5-27(11-14)18-21-10-15(25-26-18)17-16(28)6-12(7-20-17)13-8-22-23-9-13;1-18(2,3)23-12-4-7-26(11-12)17-20-10-14(24-25-17)16-15(28)8-13(9-19-16)27-21-5-6-22-27/h5-6,9-12,16,24,29H,7-8,13H2,1-4H3;6-10,14,24,28H,4-5,11H2,1-3H3,(H,22,23);5-6,8-10,12,23,28H,4,7,11H2,1-3H3/i4D3;;. The largest absolute Gasteiger partial charge is 0.506 e. The molecule has 27 heteroatoms. The van der Waals surface area contributed by atoms with Gasteiger partial charge in [0.2, 0.25) is 11.9 Å². The maximum Gasteiger partial charge on any atom is 0.245 e. The number of nitrogens with zero attached hydrogens (tertiary/aromatic N) is 20. The molecule has 444 valence electrons. The van der Waals surface area contributed by atoms with Gasteiger partial charge in [-0.25, -0.2) is 24.9 Å². The summed E-state index contributed by atoms with van der Waals surface area (Å²) in [6.45, 7) is 22.3. The topological polar surface area (TPSA) is 325 Å². The molecule has 3 unspecified atom stereocenters. The molecule has 0 radical (unpaired) electrons. The van der Waals surface area contributed by atoms with Crippen LogP contribution >= 0.6 is 0 Å². The van der Waals surface area contributed by atoms with Crippen LogP contribution in [0.25, 0.3) is 62.1 Å². The molecule has 7 N–H and O–H groups in total. The van der Waals surface area contributed by atoms with Gasteiger partial charge in [-0.3, -0.25) is 9.78 Å². The van der Waals surface area contributed by atoms with Crippen LogP contribution in [-0.4, -0.2) is 180 Å². The van der Waals surface area contributed by atoms with Gasteiger partial charge in [-0.1, -0.05) is 0 Å². The lowest BCUT2D eigenvalue weighted by Gasteiger charge is -2.26. The summed E-state index contributed by atoms with van der Waals surface area (Å²) in [4.78, 5) is 29.6. The highest BCUT2D eigenvalue weighted by Gasteiger charge is 2.30. The van der Waals surface area contributed by atoms with Crippen molar-refractivity contribution >= 4 is 17.7 Å². The van der Waals surface area contributed by atoms with E-state index < -0.39 is 6.98 Å². The SMILES string of the molecule is CC(C)(C)NC1CCN(c2ncc(-c3ncc(-c4cn[nH]c4)cc3O)nn2)C1.CC(C)(C)NC1CCN(c2ncc(-c3ncc(-n4nccn4)cc3O)nn2)C1.[2H]C([2H])([2H])n1cc(-c2cnc(-c3ccc(N4CCC(NC(C)(C)C)C4)nn3)c(O)c2)cn1. The number of pyridine rings is 3. The third kappa shape index (κ3) is 15.3. The predicted molar refractivity (Wildman–Crippen MR) is 322 cm³/mol. The lowest BCUT2D eigenvalue weighted by atomic mass is 10.1. The molecule has 3 saturated heterocycles. The molecule has 85 heavy (non-hydrogen) atoms. The van der Waals surface area contributed by atoms with E-state index in [1.54, 1.807) is 67.9 Å². The molecule has 9 aromatic heterocycles. The van der Waals surface area contributed by atoms with E-state index in [9.17, 15) is 15.3 Å². The van der Waals surface area contributed by atoms with Crippen LogP contribution in [0.5, 0.6) is 17.2 Å². The molecule has 0 aliphatic carbocycles. The molecule has 12 rings (SSSR count). The van der Waals surface area contributed by atoms with Crippen LogP contribution in [0.15, 0.2) is 98.5 Å². The Morgan fingerprint density at radius 3 is 1.45 bits per heavy atom. The van der Waals surface area contributed by atoms with E-state index in [-0.39, 0.29) is 33.9 Å². The lowest BCUT2D eigenvalue weighted by molar-refractivity contribution is 0.372. The van der Waals surface area contributed by atoms with Crippen molar-refractivity contribution in [3.8, 4) is 79.4 Å². The summed E-state index contributed by atoms with van der Waals surface area (Å²) in [6.07, 6.45) is 20.4. The van der Waals surface area contributed by atoms with Gasteiger partial charge in [-0.15, -0.1) is 35.4 Å². The Morgan fingerprint density at radius 2 is 1.00 bits per heavy atom. The first-order chi connectivity index (χ1) is 41.8. The molecule has 0 bridgehead atoms. The number of rotatable bonds is 12. The number of nitrogens with one attached hydrogen (secondary N) is 4. The molecule has 3 fully saturated rings. The van der Waals surface area contributed by atoms with Crippen LogP contribution in [0.4, 0.5) is 17.7 Å². The highest BCUT2D eigenvalue weighted by atomic mass is 16.3. The molecule has 0 spiro atoms. The fourth-order valence-electron chi connectivity index (χ4n) is 10.3. The van der Waals surface area contributed by atoms with Gasteiger partial charge >= 0.3 is 0 Å². The third-order valence-corrected chi connectivity index (χ3v) is 13.8. The first-order valence-corrected chi connectivity index (χ1v) is 28.1. The Bertz CT molecular complexity index is 3580. The van der Waals surface area contributed by atoms with Crippen molar-refractivity contribution in [1.82, 2.24) is 106 Å². The summed E-state index contributed by atoms with van der Waals surface area (Å²) >= 11 is 0. The average molecular weight is 1160 g/mol. The highest BCUT2D eigenvalue weighted by Crippen LogP contribution is 2.33. The highest BCUT2D eigenvalue weighted by molar-refractivity contribution is 5.71. The van der Waals surface area contributed by atoms with Gasteiger partial charge < -0.3 is 46.0 Å². The van der Waals surface area contributed by atoms with Crippen LogP contribution < -0.4 is 30.7 Å². The second kappa shape index (κ2) is 24.9. The van der Waals surface area contributed by atoms with Gasteiger partial charge in [-0.05, 0) is 106 Å². The summed E-state index contributed by atoms with van der Waals surface area (Å²) < 4.78 is 23.1. The first kappa shape index (κ1) is 55.0. The number of H-pyrrole nitrogens is 1. The zero-order valence-corrected chi connectivity index (χ0v) is 49.1. The molecule has 3 atom stereocenters. The summed E-state index contributed by atoms with van der Waals surface area (Å²) in [6, 6.07) is 9.57. The van der Waals surface area contributed by atoms with E-state index in [1.807, 2.05) is 6.07 Å². The monoisotopic (exact) mass is 1160 g/mol. The van der Waals surface area contributed by atoms with Gasteiger partial charge in [0.15, 0.2) is 5.82 Å². The van der Waals surface area contributed by atoms with Gasteiger partial charge in [0.05, 0.1) is 43.4 Å². The maximum absolute atomic E-state index is 10.5. The lowest BCUT2D eigenvalue weighted by Crippen LogP contribution is -2.45. The number of hydrogen-bond donors (Lipinski definition) is 7. The minimum Gasteiger partial charge on any atom is -0.506 e. The van der Waals surface area contributed by atoms with E-state index in [1.165, 1.54) is 29.3 Å². The van der Waals surface area contributed by atoms with E-state index in [4.69, 9.17) is 4.11 Å². The fourth-order valence-corrected chi connectivity index (χ4v) is 10.3. The Balaban J connectivity index is 0.000000146. The Kier molecular flexibility index (Phi) is 16.1. The van der Waals surface area contributed by atoms with Crippen LogP contribution in [0.2, 0.25) is 0 Å². The quantitative estimate of drug-likeness (QED) is 0.0760. The van der Waals surface area contributed by atoms with Gasteiger partial charge in [0, 0.05) is 138 Å². The molecule has 3 aliphatic rings. The van der Waals surface area contributed by atoms with Crippen molar-refractivity contribution in [2.75, 3.05) is 54.0 Å². The maximum atomic E-state index is 10.5. The second-order valence-electron chi connectivity index (χ2n) is 24.3. The number of hydrogen-bond acceptors (Lipinski definition) is 24. The molecule has 0 amide bonds. The molecule has 12 heterocycles. The van der Waals surface area contributed by atoms with Crippen molar-refractivity contribution in [1.29, 1.82) is 0 Å². The average Bonchev–Trinajstić information content (AvgIpc) is 4.47. The predicted octanol–water partition coefficient (Wildman–Crippen LogP) is 5.79. The number of aromatic amines is 1. The van der Waals surface area contributed by atoms with Crippen LogP contribution in [0.1, 0.15) is 85.7 Å². The molecule has 0 saturated carbocycles. The molecule has 9 aromatic rings. The molecule has 0 aromatic carbocycles. The van der Waals surface area contributed by atoms with E-state index in [2.05, 4.69) is 174 Å². The Morgan fingerprint density at radius 1 is 0.506 bits per heavy atom. The van der Waals surface area contributed by atoms with Crippen LogP contribution in [0.3, 0.4) is 0 Å². The molecular weight excluding hydrogens is 1080 g/mol. The summed E-state index contributed by atoms with van der Waals surface area (Å²) in [7, 11) is 0. The molecule has 3 aliphatic heterocycles. The van der Waals surface area contributed by atoms with Crippen molar-refractivity contribution in [3.05, 3.63) is 98.5 Å². The Hall–Kier alpha value is -9.21. The van der Waals surface area contributed by atoms with E-state index in [0.29, 0.717) is 81.0 Å². The minimum absolute atomic E-state index is 0.0261. The number of aromatic nitrogens is 18. The van der Waals surface area contributed by atoms with Crippen molar-refractivity contribution < 1.29 is 19.4 Å². The zero-order chi connectivity index (χ0) is 62.5. The smallest absolute Gasteiger partial charge is 0.245 e. The third-order valence-electron chi connectivity index (χ3n) is 13.8. The van der Waals surface area contributed by atoms with Crippen molar-refractivity contribution in [2.24, 2.45) is 6.98 Å². The van der Waals surface area contributed by atoms with Crippen molar-refractivity contribution in [2.45, 2.75) is 116 Å². The molecule has 27 nitrogen and oxygen atoms in total. The first-order valence-electron chi connectivity index (χ1n) is 29.6. The molecular formula is C58H74N24O3. The fraction of sp³-hybridized carbons (Fsp3) is 0.431. The summed E-state index contributed by atoms with van der Waals surface area (Å²) in [5, 5.41) is 86.1. The van der Waals surface area contributed by atoms with E-state index in [0.717, 1.165) is 80.2 Å². The van der Waals surface area contributed by atoms with Gasteiger partial charge in [-0.2, -0.15) is 20.4 Å². The van der Waals surface area contributed by atoms with E-state index >= 15 is 0 Å². The minimum atomic E-state index is -2.36. The number of aryl methyl sites for hydroxylation is 1. The zero-order valence-electron chi connectivity index (χ0n) is 52.1. The Labute approximate surface area is 497 Å². The normalized spacial score (nSPS) is 17.9. The summed E-state index contributed by atoms with van der Waals surface area (Å²) in [5.41, 5.74) is 5.77. The van der Waals surface area contributed by atoms with Crippen LogP contribution in [0, 0.1) is 0 Å². The number of aromatic hydroxyl groups is 3. The van der Waals surface area contributed by atoms with Crippen LogP contribution in [-0.2, 0) is 6.98 Å². The van der Waals surface area contributed by atoms with Gasteiger partial charge in [0.1, 0.15) is 57.1 Å². The second-order valence-corrected chi connectivity index (χ2v) is 24.3. The number of anilines is 3. The van der Waals surface area contributed by atoms with Gasteiger partial charge in [0.25, 0.3) is 0 Å². The van der Waals surface area contributed by atoms with Crippen molar-refractivity contribution in [3.63, 3.8) is 0 Å².